The first-order chi connectivity index (χ1) is 14.5. The van der Waals surface area contributed by atoms with Crippen molar-refractivity contribution in [3.8, 4) is 17.1 Å². The van der Waals surface area contributed by atoms with E-state index >= 15 is 0 Å². The molecule has 4 rings (SSSR count). The number of ketones is 1. The van der Waals surface area contributed by atoms with Crippen molar-refractivity contribution in [3.63, 3.8) is 0 Å². The quantitative estimate of drug-likeness (QED) is 0.294. The molecule has 5 nitrogen and oxygen atoms in total. The highest BCUT2D eigenvalue weighted by Gasteiger charge is 2.22. The molecule has 0 aliphatic rings. The Kier molecular flexibility index (Phi) is 5.92. The molecule has 0 fully saturated rings. The van der Waals surface area contributed by atoms with Crippen LogP contribution in [0.5, 0.6) is 0 Å². The van der Waals surface area contributed by atoms with E-state index in [9.17, 15) is 9.18 Å². The van der Waals surface area contributed by atoms with Gasteiger partial charge in [0.25, 0.3) is 0 Å². The number of thioether (sulfide) groups is 1. The molecule has 2 aromatic carbocycles. The Balaban J connectivity index is 1.71. The van der Waals surface area contributed by atoms with Gasteiger partial charge >= 0.3 is 0 Å². The van der Waals surface area contributed by atoms with Crippen LogP contribution in [0.1, 0.15) is 17.3 Å². The fraction of sp³-hybridized carbons (Fsp3) is 0.0909. The number of Topliss-reactive ketones (excluding diaryl/α,β-unsaturated/α-hetero) is 1. The molecule has 0 bridgehead atoms. The highest BCUT2D eigenvalue weighted by atomic mass is 35.5. The van der Waals surface area contributed by atoms with E-state index in [1.165, 1.54) is 36.0 Å². The lowest BCUT2D eigenvalue weighted by Crippen LogP contribution is -2.14. The molecule has 0 aliphatic heterocycles. The van der Waals surface area contributed by atoms with E-state index < -0.39 is 5.25 Å². The first-order valence-electron chi connectivity index (χ1n) is 9.11. The van der Waals surface area contributed by atoms with Crippen LogP contribution in [-0.2, 0) is 0 Å². The molecule has 0 aliphatic carbocycles. The van der Waals surface area contributed by atoms with Gasteiger partial charge in [-0.2, -0.15) is 0 Å². The summed E-state index contributed by atoms with van der Waals surface area (Å²) in [6.07, 6.45) is 3.37. The molecule has 0 radical (unpaired) electrons. The highest BCUT2D eigenvalue weighted by Crippen LogP contribution is 2.31. The summed E-state index contributed by atoms with van der Waals surface area (Å²) in [6, 6.07) is 16.5. The summed E-state index contributed by atoms with van der Waals surface area (Å²) < 4.78 is 15.1. The minimum Gasteiger partial charge on any atom is -0.293 e. The van der Waals surface area contributed by atoms with Crippen LogP contribution in [0.15, 0.2) is 78.2 Å². The van der Waals surface area contributed by atoms with Crippen molar-refractivity contribution in [2.24, 2.45) is 0 Å². The van der Waals surface area contributed by atoms with Crippen LogP contribution < -0.4 is 0 Å². The Morgan fingerprint density at radius 1 is 1.00 bits per heavy atom. The van der Waals surface area contributed by atoms with Gasteiger partial charge in [-0.25, -0.2) is 4.39 Å². The normalized spacial score (nSPS) is 12.0. The zero-order valence-corrected chi connectivity index (χ0v) is 17.4. The molecule has 2 heterocycles. The molecule has 30 heavy (non-hydrogen) atoms. The predicted molar refractivity (Wildman–Crippen MR) is 116 cm³/mol. The van der Waals surface area contributed by atoms with Gasteiger partial charge in [0.15, 0.2) is 16.8 Å². The van der Waals surface area contributed by atoms with Crippen LogP contribution in [0.2, 0.25) is 5.02 Å². The van der Waals surface area contributed by atoms with Crippen LogP contribution in [0.25, 0.3) is 17.1 Å². The van der Waals surface area contributed by atoms with Crippen molar-refractivity contribution < 1.29 is 9.18 Å². The second kappa shape index (κ2) is 8.77. The molecule has 0 amide bonds. The van der Waals surface area contributed by atoms with Crippen molar-refractivity contribution in [1.29, 1.82) is 0 Å². The zero-order valence-electron chi connectivity index (χ0n) is 15.9. The number of hydrogen-bond acceptors (Lipinski definition) is 5. The number of aromatic nitrogens is 4. The van der Waals surface area contributed by atoms with Gasteiger partial charge < -0.3 is 0 Å². The summed E-state index contributed by atoms with van der Waals surface area (Å²) in [5, 5.41) is 9.42. The highest BCUT2D eigenvalue weighted by molar-refractivity contribution is 8.00. The summed E-state index contributed by atoms with van der Waals surface area (Å²) in [4.78, 5) is 16.9. The van der Waals surface area contributed by atoms with E-state index in [1.54, 1.807) is 31.5 Å². The van der Waals surface area contributed by atoms with Gasteiger partial charge in [-0.3, -0.25) is 14.3 Å². The van der Waals surface area contributed by atoms with Gasteiger partial charge in [0.05, 0.1) is 5.25 Å². The average Bonchev–Trinajstić information content (AvgIpc) is 3.18. The van der Waals surface area contributed by atoms with E-state index in [0.29, 0.717) is 21.6 Å². The fourth-order valence-corrected chi connectivity index (χ4v) is 3.99. The van der Waals surface area contributed by atoms with Crippen LogP contribution >= 0.6 is 23.4 Å². The van der Waals surface area contributed by atoms with Gasteiger partial charge in [0, 0.05) is 34.2 Å². The van der Waals surface area contributed by atoms with Gasteiger partial charge in [-0.1, -0.05) is 23.4 Å². The second-order valence-corrected chi connectivity index (χ2v) is 8.23. The summed E-state index contributed by atoms with van der Waals surface area (Å²) in [5.41, 5.74) is 2.11. The Morgan fingerprint density at radius 3 is 2.33 bits per heavy atom. The van der Waals surface area contributed by atoms with E-state index in [1.807, 2.05) is 28.8 Å². The van der Waals surface area contributed by atoms with E-state index in [0.717, 1.165) is 11.3 Å². The van der Waals surface area contributed by atoms with Gasteiger partial charge in [-0.05, 0) is 67.6 Å². The number of halogens is 2. The van der Waals surface area contributed by atoms with E-state index in [-0.39, 0.29) is 11.6 Å². The Labute approximate surface area is 181 Å². The number of hydrogen-bond donors (Lipinski definition) is 0. The molecule has 2 aromatic heterocycles. The third-order valence-electron chi connectivity index (χ3n) is 4.44. The predicted octanol–water partition coefficient (Wildman–Crippen LogP) is 5.49. The Bertz CT molecular complexity index is 1160. The standard InChI is InChI=1S/C22H16ClFN4OS/c1-14(20(29)15-2-6-18(24)7-3-15)30-22-27-26-21(16-10-12-25-13-11-16)28(22)19-8-4-17(23)5-9-19/h2-14H,1H3. The first kappa shape index (κ1) is 20.3. The molecule has 150 valence electrons. The molecule has 1 atom stereocenters. The number of rotatable bonds is 6. The lowest BCUT2D eigenvalue weighted by Gasteiger charge is -2.13. The van der Waals surface area contributed by atoms with Crippen LogP contribution in [0.3, 0.4) is 0 Å². The molecular formula is C22H16ClFN4OS. The van der Waals surface area contributed by atoms with Gasteiger partial charge in [0.1, 0.15) is 5.82 Å². The van der Waals surface area contributed by atoms with Crippen molar-refractivity contribution >= 4 is 29.1 Å². The van der Waals surface area contributed by atoms with Crippen molar-refractivity contribution in [2.75, 3.05) is 0 Å². The molecule has 8 heteroatoms. The second-order valence-electron chi connectivity index (χ2n) is 6.49. The third-order valence-corrected chi connectivity index (χ3v) is 5.73. The maximum Gasteiger partial charge on any atom is 0.196 e. The topological polar surface area (TPSA) is 60.7 Å². The fourth-order valence-electron chi connectivity index (χ4n) is 2.92. The number of carbonyl (C=O) groups excluding carboxylic acids is 1. The molecule has 0 spiro atoms. The van der Waals surface area contributed by atoms with Crippen molar-refractivity contribution in [1.82, 2.24) is 19.7 Å². The van der Waals surface area contributed by atoms with Gasteiger partial charge in [-0.15, -0.1) is 10.2 Å². The number of pyridine rings is 1. The average molecular weight is 439 g/mol. The molecule has 0 saturated heterocycles. The molecule has 1 unspecified atom stereocenters. The van der Waals surface area contributed by atoms with E-state index in [2.05, 4.69) is 15.2 Å². The van der Waals surface area contributed by atoms with Crippen LogP contribution in [0.4, 0.5) is 4.39 Å². The summed E-state index contributed by atoms with van der Waals surface area (Å²) in [5.74, 6) is 0.135. The third kappa shape index (κ3) is 4.27. The monoisotopic (exact) mass is 438 g/mol. The van der Waals surface area contributed by atoms with Crippen molar-refractivity contribution in [2.45, 2.75) is 17.3 Å². The Hall–Kier alpha value is -3.03. The summed E-state index contributed by atoms with van der Waals surface area (Å²) in [7, 11) is 0. The molecule has 0 N–H and O–H groups in total. The molecule has 0 saturated carbocycles. The minimum absolute atomic E-state index is 0.115. The van der Waals surface area contributed by atoms with Crippen LogP contribution in [-0.4, -0.2) is 30.8 Å². The lowest BCUT2D eigenvalue weighted by atomic mass is 10.1. The number of benzene rings is 2. The zero-order chi connectivity index (χ0) is 21.1. The van der Waals surface area contributed by atoms with Gasteiger partial charge in [0.2, 0.25) is 0 Å². The number of nitrogens with zero attached hydrogens (tertiary/aromatic N) is 4. The maximum absolute atomic E-state index is 13.2. The molecular weight excluding hydrogens is 423 g/mol. The first-order valence-corrected chi connectivity index (χ1v) is 10.4. The summed E-state index contributed by atoms with van der Waals surface area (Å²) in [6.45, 7) is 1.79. The SMILES string of the molecule is CC(Sc1nnc(-c2ccncc2)n1-c1ccc(Cl)cc1)C(=O)c1ccc(F)cc1. The maximum atomic E-state index is 13.2. The van der Waals surface area contributed by atoms with Crippen molar-refractivity contribution in [3.05, 3.63) is 89.5 Å². The molecule has 4 aromatic rings. The lowest BCUT2D eigenvalue weighted by molar-refractivity contribution is 0.0994. The Morgan fingerprint density at radius 2 is 1.67 bits per heavy atom. The van der Waals surface area contributed by atoms with E-state index in [4.69, 9.17) is 11.6 Å². The van der Waals surface area contributed by atoms with Crippen LogP contribution in [0, 0.1) is 5.82 Å². The minimum atomic E-state index is -0.448. The largest absolute Gasteiger partial charge is 0.293 e. The smallest absolute Gasteiger partial charge is 0.196 e. The number of carbonyl (C=O) groups is 1. The summed E-state index contributed by atoms with van der Waals surface area (Å²) >= 11 is 7.34.